The van der Waals surface area contributed by atoms with Gasteiger partial charge in [0.15, 0.2) is 0 Å². The van der Waals surface area contributed by atoms with Crippen LogP contribution >= 0.6 is 7.82 Å². The number of aromatic amines is 1. The Morgan fingerprint density at radius 1 is 1.24 bits per heavy atom. The summed E-state index contributed by atoms with van der Waals surface area (Å²) in [7, 11) is -3.06. The molecule has 3 aromatic rings. The normalized spacial score (nSPS) is 14.0. The number of phosphoric acid groups is 1. The van der Waals surface area contributed by atoms with E-state index in [2.05, 4.69) is 15.6 Å². The maximum atomic E-state index is 14.1. The number of hydrogen-bond acceptors (Lipinski definition) is 4. The minimum atomic E-state index is -4.81. The number of benzene rings is 2. The van der Waals surface area contributed by atoms with Gasteiger partial charge in [-0.1, -0.05) is 6.07 Å². The van der Waals surface area contributed by atoms with Gasteiger partial charge in [0.25, 0.3) is 5.91 Å². The lowest BCUT2D eigenvalue weighted by molar-refractivity contribution is 0.0956. The maximum Gasteiger partial charge on any atom is 0.524 e. The molecular weight excluding hydrogens is 400 g/mol. The van der Waals surface area contributed by atoms with Gasteiger partial charge in [0, 0.05) is 29.6 Å². The Kier molecular flexibility index (Phi) is 4.92. The average molecular weight is 419 g/mol. The molecule has 0 bridgehead atoms. The van der Waals surface area contributed by atoms with Crippen molar-refractivity contribution in [3.05, 3.63) is 52.8 Å². The Labute approximate surface area is 165 Å². The molecule has 0 spiro atoms. The Bertz CT molecular complexity index is 1170. The molecule has 5 N–H and O–H groups in total. The van der Waals surface area contributed by atoms with Crippen molar-refractivity contribution in [2.24, 2.45) is 0 Å². The van der Waals surface area contributed by atoms with Crippen LogP contribution in [0, 0.1) is 5.82 Å². The van der Waals surface area contributed by atoms with E-state index in [0.29, 0.717) is 41.7 Å². The van der Waals surface area contributed by atoms with Crippen LogP contribution in [-0.2, 0) is 17.5 Å². The van der Waals surface area contributed by atoms with Crippen LogP contribution in [0.4, 0.5) is 4.39 Å². The highest BCUT2D eigenvalue weighted by Crippen LogP contribution is 2.45. The van der Waals surface area contributed by atoms with E-state index in [9.17, 15) is 23.5 Å². The maximum absolute atomic E-state index is 14.1. The molecular formula is C19H19FN3O5P. The fourth-order valence-corrected chi connectivity index (χ4v) is 4.12. The fourth-order valence-electron chi connectivity index (χ4n) is 3.71. The third kappa shape index (κ3) is 3.77. The lowest BCUT2D eigenvalue weighted by Crippen LogP contribution is -2.23. The van der Waals surface area contributed by atoms with Crippen molar-refractivity contribution in [3.8, 4) is 17.0 Å². The lowest BCUT2D eigenvalue weighted by Gasteiger charge is -2.14. The van der Waals surface area contributed by atoms with E-state index in [1.165, 1.54) is 12.1 Å². The monoisotopic (exact) mass is 419 g/mol. The van der Waals surface area contributed by atoms with E-state index in [0.717, 1.165) is 11.1 Å². The van der Waals surface area contributed by atoms with Gasteiger partial charge in [0.1, 0.15) is 11.6 Å². The van der Waals surface area contributed by atoms with E-state index in [4.69, 9.17) is 4.52 Å². The summed E-state index contributed by atoms with van der Waals surface area (Å²) in [6.45, 7) is 0.826. The molecule has 1 amide bonds. The van der Waals surface area contributed by atoms with E-state index in [1.54, 1.807) is 25.2 Å². The highest BCUT2D eigenvalue weighted by atomic mass is 31.2. The van der Waals surface area contributed by atoms with Gasteiger partial charge < -0.3 is 20.1 Å². The second-order valence-corrected chi connectivity index (χ2v) is 7.97. The van der Waals surface area contributed by atoms with Crippen molar-refractivity contribution in [3.63, 3.8) is 0 Å². The van der Waals surface area contributed by atoms with Crippen molar-refractivity contribution in [1.82, 2.24) is 15.6 Å². The van der Waals surface area contributed by atoms with Gasteiger partial charge in [0.05, 0.1) is 11.3 Å². The number of hydrogen-bond donors (Lipinski definition) is 5. The molecule has 0 radical (unpaired) electrons. The second kappa shape index (κ2) is 7.27. The van der Waals surface area contributed by atoms with E-state index < -0.39 is 13.6 Å². The van der Waals surface area contributed by atoms with Gasteiger partial charge in [-0.05, 0) is 48.9 Å². The summed E-state index contributed by atoms with van der Waals surface area (Å²) in [5, 5.41) is 6.30. The van der Waals surface area contributed by atoms with Crippen LogP contribution < -0.4 is 15.2 Å². The molecule has 2 aromatic carbocycles. The molecule has 0 saturated carbocycles. The van der Waals surface area contributed by atoms with Crippen LogP contribution in [0.25, 0.3) is 22.2 Å². The molecule has 29 heavy (non-hydrogen) atoms. The number of phosphoric ester groups is 1. The molecule has 0 aliphatic carbocycles. The average Bonchev–Trinajstić information content (AvgIpc) is 2.89. The number of nitrogens with one attached hydrogen (secondary N) is 3. The predicted molar refractivity (Wildman–Crippen MR) is 105 cm³/mol. The van der Waals surface area contributed by atoms with Gasteiger partial charge in [-0.3, -0.25) is 14.6 Å². The van der Waals surface area contributed by atoms with Crippen molar-refractivity contribution in [1.29, 1.82) is 0 Å². The summed E-state index contributed by atoms with van der Waals surface area (Å²) in [6.07, 6.45) is 0.466. The summed E-state index contributed by atoms with van der Waals surface area (Å²) < 4.78 is 30.5. The Balaban J connectivity index is 1.97. The third-order valence-corrected chi connectivity index (χ3v) is 5.22. The molecule has 8 nitrogen and oxygen atoms in total. The Hall–Kier alpha value is -2.71. The first-order valence-corrected chi connectivity index (χ1v) is 10.4. The summed E-state index contributed by atoms with van der Waals surface area (Å²) in [5.74, 6) is -0.922. The summed E-state index contributed by atoms with van der Waals surface area (Å²) in [5.41, 5.74) is 3.13. The van der Waals surface area contributed by atoms with E-state index in [1.807, 2.05) is 0 Å². The molecule has 1 aromatic heterocycles. The summed E-state index contributed by atoms with van der Waals surface area (Å²) in [6, 6.07) is 7.52. The highest BCUT2D eigenvalue weighted by Gasteiger charge is 2.26. The number of halogens is 1. The number of amides is 1. The first-order valence-electron chi connectivity index (χ1n) is 8.92. The number of carbonyl (C=O) groups excluding carboxylic acids is 1. The number of aromatic nitrogens is 1. The van der Waals surface area contributed by atoms with E-state index in [-0.39, 0.29) is 17.2 Å². The van der Waals surface area contributed by atoms with Crippen molar-refractivity contribution < 1.29 is 28.1 Å². The molecule has 1 aliphatic rings. The molecule has 1 aliphatic heterocycles. The largest absolute Gasteiger partial charge is 0.524 e. The molecule has 0 saturated heterocycles. The van der Waals surface area contributed by atoms with Crippen molar-refractivity contribution in [2.45, 2.75) is 13.0 Å². The minimum Gasteiger partial charge on any atom is -0.404 e. The SMILES string of the molecule is CNCc1ccc(-c2[nH]c3cc(F)cc4c3c2CCNC4=O)c(OP(=O)(O)O)c1. The Morgan fingerprint density at radius 3 is 2.76 bits per heavy atom. The summed E-state index contributed by atoms with van der Waals surface area (Å²) in [4.78, 5) is 34.2. The van der Waals surface area contributed by atoms with Crippen LogP contribution in [0.5, 0.6) is 5.75 Å². The highest BCUT2D eigenvalue weighted by molar-refractivity contribution is 7.46. The van der Waals surface area contributed by atoms with Crippen molar-refractivity contribution >= 4 is 24.6 Å². The van der Waals surface area contributed by atoms with Gasteiger partial charge in [-0.25, -0.2) is 8.96 Å². The van der Waals surface area contributed by atoms with Gasteiger partial charge in [-0.15, -0.1) is 0 Å². The zero-order valence-corrected chi connectivity index (χ0v) is 16.3. The van der Waals surface area contributed by atoms with Crippen LogP contribution in [0.15, 0.2) is 30.3 Å². The van der Waals surface area contributed by atoms with Gasteiger partial charge in [0.2, 0.25) is 0 Å². The smallest absolute Gasteiger partial charge is 0.404 e. The number of carbonyl (C=O) groups is 1. The predicted octanol–water partition coefficient (Wildman–Crippen LogP) is 2.45. The number of rotatable bonds is 5. The minimum absolute atomic E-state index is 0.000515. The third-order valence-electron chi connectivity index (χ3n) is 4.79. The van der Waals surface area contributed by atoms with Crippen LogP contribution in [0.2, 0.25) is 0 Å². The Morgan fingerprint density at radius 2 is 2.03 bits per heavy atom. The second-order valence-electron chi connectivity index (χ2n) is 6.80. The topological polar surface area (TPSA) is 124 Å². The fraction of sp³-hybridized carbons (Fsp3) is 0.211. The quantitative estimate of drug-likeness (QED) is 0.405. The van der Waals surface area contributed by atoms with Gasteiger partial charge >= 0.3 is 7.82 Å². The van der Waals surface area contributed by atoms with E-state index >= 15 is 0 Å². The lowest BCUT2D eigenvalue weighted by atomic mass is 9.99. The van der Waals surface area contributed by atoms with Gasteiger partial charge in [-0.2, -0.15) is 0 Å². The first kappa shape index (κ1) is 19.6. The van der Waals surface area contributed by atoms with Crippen LogP contribution in [0.3, 0.4) is 0 Å². The summed E-state index contributed by atoms with van der Waals surface area (Å²) >= 11 is 0. The molecule has 0 fully saturated rings. The molecule has 0 unspecified atom stereocenters. The number of H-pyrrole nitrogens is 1. The van der Waals surface area contributed by atoms with Crippen molar-refractivity contribution in [2.75, 3.05) is 13.6 Å². The first-order chi connectivity index (χ1) is 13.8. The molecule has 2 heterocycles. The standard InChI is InChI=1S/C19H19FN3O5P/c1-21-9-10-2-3-12(16(6-10)28-29(25,26)27)18-13-4-5-22-19(24)14-7-11(20)8-15(23-18)17(13)14/h2-3,6-8,21,23H,4-5,9H2,1H3,(H,22,24)(H2,25,26,27). The zero-order chi connectivity index (χ0) is 20.8. The van der Waals surface area contributed by atoms with Crippen LogP contribution in [0.1, 0.15) is 21.5 Å². The molecule has 4 rings (SSSR count). The molecule has 152 valence electrons. The zero-order valence-electron chi connectivity index (χ0n) is 15.5. The molecule has 10 heteroatoms. The molecule has 0 atom stereocenters. The van der Waals surface area contributed by atoms with Crippen LogP contribution in [-0.4, -0.2) is 34.3 Å².